The van der Waals surface area contributed by atoms with Crippen LogP contribution >= 0.6 is 0 Å². The number of amides is 1. The number of aryl methyl sites for hydroxylation is 2. The van der Waals surface area contributed by atoms with Crippen molar-refractivity contribution in [2.75, 3.05) is 11.5 Å². The van der Waals surface area contributed by atoms with Gasteiger partial charge >= 0.3 is 5.91 Å². The highest BCUT2D eigenvalue weighted by Gasteiger charge is 2.48. The second-order valence-electron chi connectivity index (χ2n) is 7.50. The van der Waals surface area contributed by atoms with E-state index >= 15 is 0 Å². The fourth-order valence-corrected chi connectivity index (χ4v) is 3.62. The van der Waals surface area contributed by atoms with Gasteiger partial charge in [-0.25, -0.2) is 0 Å². The van der Waals surface area contributed by atoms with E-state index in [2.05, 4.69) is 11.7 Å². The van der Waals surface area contributed by atoms with Crippen molar-refractivity contribution in [3.63, 3.8) is 0 Å². The van der Waals surface area contributed by atoms with Crippen molar-refractivity contribution in [3.8, 4) is 5.75 Å². The molecule has 1 saturated heterocycles. The predicted molar refractivity (Wildman–Crippen MR) is 119 cm³/mol. The zero-order valence-electron chi connectivity index (χ0n) is 17.7. The number of Topliss-reactive ketones (excluding diaryl/α,β-unsaturated/α-hetero) is 1. The van der Waals surface area contributed by atoms with Crippen LogP contribution in [0.1, 0.15) is 28.5 Å². The highest BCUT2D eigenvalue weighted by Crippen LogP contribution is 2.42. The number of rotatable bonds is 6. The lowest BCUT2D eigenvalue weighted by atomic mass is 9.94. The Bertz CT molecular complexity index is 1210. The van der Waals surface area contributed by atoms with Crippen LogP contribution in [-0.2, 0) is 9.59 Å². The molecule has 1 N–H and O–H groups in total. The minimum Gasteiger partial charge on any atom is -0.507 e. The second-order valence-corrected chi connectivity index (χ2v) is 7.50. The van der Waals surface area contributed by atoms with Crippen LogP contribution in [-0.4, -0.2) is 28.6 Å². The molecular formula is C25H22N2O5. The first kappa shape index (κ1) is 21.1. The first-order chi connectivity index (χ1) is 15.4. The van der Waals surface area contributed by atoms with Crippen LogP contribution in [0.4, 0.5) is 5.82 Å². The van der Waals surface area contributed by atoms with Crippen molar-refractivity contribution >= 4 is 23.3 Å². The lowest BCUT2D eigenvalue weighted by molar-refractivity contribution is -0.132. The zero-order valence-corrected chi connectivity index (χ0v) is 17.7. The van der Waals surface area contributed by atoms with Crippen molar-refractivity contribution < 1.29 is 24.0 Å². The van der Waals surface area contributed by atoms with Crippen LogP contribution in [0.15, 0.2) is 77.3 Å². The number of benzene rings is 2. The molecule has 3 aromatic rings. The van der Waals surface area contributed by atoms with E-state index in [1.807, 2.05) is 31.2 Å². The molecule has 1 aliphatic rings. The van der Waals surface area contributed by atoms with Crippen molar-refractivity contribution in [1.82, 2.24) is 5.16 Å². The summed E-state index contributed by atoms with van der Waals surface area (Å²) in [5, 5.41) is 15.0. The van der Waals surface area contributed by atoms with Crippen LogP contribution in [0.3, 0.4) is 0 Å². The normalized spacial score (nSPS) is 17.6. The Morgan fingerprint density at radius 2 is 1.84 bits per heavy atom. The Labute approximate surface area is 185 Å². The van der Waals surface area contributed by atoms with Gasteiger partial charge in [0.05, 0.1) is 11.6 Å². The Morgan fingerprint density at radius 1 is 1.16 bits per heavy atom. The van der Waals surface area contributed by atoms with E-state index in [1.165, 1.54) is 4.90 Å². The minimum absolute atomic E-state index is 0.0146. The summed E-state index contributed by atoms with van der Waals surface area (Å²) in [5.41, 5.74) is 2.07. The van der Waals surface area contributed by atoms with Gasteiger partial charge in [-0.05, 0) is 43.7 Å². The summed E-state index contributed by atoms with van der Waals surface area (Å²) in [6, 6.07) is 14.8. The lowest BCUT2D eigenvalue weighted by Crippen LogP contribution is -2.29. The quantitative estimate of drug-likeness (QED) is 0.268. The Morgan fingerprint density at radius 3 is 2.44 bits per heavy atom. The fraction of sp³-hybridized carbons (Fsp3) is 0.160. The molecule has 7 nitrogen and oxygen atoms in total. The highest BCUT2D eigenvalue weighted by atomic mass is 16.5. The SMILES string of the molecule is C=CCOc1ccc(/C(O)=C2\C(=O)C(=O)N(c3cc(C)on3)[C@H]2c2ccc(C)cc2)cc1. The van der Waals surface area contributed by atoms with Crippen LogP contribution in [0.2, 0.25) is 0 Å². The Hall–Kier alpha value is -4.13. The fourth-order valence-electron chi connectivity index (χ4n) is 3.62. The van der Waals surface area contributed by atoms with Gasteiger partial charge in [-0.3, -0.25) is 14.5 Å². The maximum Gasteiger partial charge on any atom is 0.301 e. The topological polar surface area (TPSA) is 92.9 Å². The third kappa shape index (κ3) is 3.80. The smallest absolute Gasteiger partial charge is 0.301 e. The molecule has 1 fully saturated rings. The third-order valence-corrected chi connectivity index (χ3v) is 5.20. The van der Waals surface area contributed by atoms with Gasteiger partial charge in [0.1, 0.15) is 23.9 Å². The zero-order chi connectivity index (χ0) is 22.8. The summed E-state index contributed by atoms with van der Waals surface area (Å²) in [7, 11) is 0. The summed E-state index contributed by atoms with van der Waals surface area (Å²) in [5.74, 6) is -0.541. The Kier molecular flexibility index (Phi) is 5.64. The third-order valence-electron chi connectivity index (χ3n) is 5.20. The molecule has 1 aliphatic heterocycles. The summed E-state index contributed by atoms with van der Waals surface area (Å²) in [6.07, 6.45) is 1.63. The standard InChI is InChI=1S/C25H22N2O5/c1-4-13-31-19-11-9-18(10-12-19)23(28)21-22(17-7-5-15(2)6-8-17)27(25(30)24(21)29)20-14-16(3)32-26-20/h4-12,14,22,28H,1,13H2,2-3H3/b23-21+/t22-/m0/s1. The van der Waals surface area contributed by atoms with Crippen LogP contribution < -0.4 is 9.64 Å². The maximum atomic E-state index is 13.1. The van der Waals surface area contributed by atoms with Crippen molar-refractivity contribution in [3.05, 3.63) is 95.3 Å². The molecule has 1 aromatic heterocycles. The molecule has 0 bridgehead atoms. The van der Waals surface area contributed by atoms with Crippen molar-refractivity contribution in [2.24, 2.45) is 0 Å². The number of aliphatic hydroxyl groups is 1. The molecule has 0 saturated carbocycles. The molecule has 0 aliphatic carbocycles. The number of anilines is 1. The average molecular weight is 430 g/mol. The molecule has 0 radical (unpaired) electrons. The molecular weight excluding hydrogens is 408 g/mol. The summed E-state index contributed by atoms with van der Waals surface area (Å²) in [4.78, 5) is 27.3. The van der Waals surface area contributed by atoms with Gasteiger partial charge in [0.25, 0.3) is 5.78 Å². The number of ether oxygens (including phenoxy) is 1. The van der Waals surface area contributed by atoms with E-state index in [4.69, 9.17) is 9.26 Å². The molecule has 1 atom stereocenters. The number of ketones is 1. The number of hydrogen-bond acceptors (Lipinski definition) is 6. The van der Waals surface area contributed by atoms with E-state index in [-0.39, 0.29) is 17.2 Å². The number of aliphatic hydroxyl groups excluding tert-OH is 1. The maximum absolute atomic E-state index is 13.1. The molecule has 2 heterocycles. The number of carbonyl (C=O) groups excluding carboxylic acids is 2. The van der Waals surface area contributed by atoms with Gasteiger partial charge < -0.3 is 14.4 Å². The largest absolute Gasteiger partial charge is 0.507 e. The lowest BCUT2D eigenvalue weighted by Gasteiger charge is -2.23. The number of nitrogens with zero attached hydrogens (tertiary/aromatic N) is 2. The van der Waals surface area contributed by atoms with Gasteiger partial charge in [-0.15, -0.1) is 0 Å². The van der Waals surface area contributed by atoms with Gasteiger partial charge in [-0.2, -0.15) is 0 Å². The average Bonchev–Trinajstić information content (AvgIpc) is 3.33. The van der Waals surface area contributed by atoms with Gasteiger partial charge in [0.15, 0.2) is 5.82 Å². The molecule has 0 unspecified atom stereocenters. The Balaban J connectivity index is 1.84. The second kappa shape index (κ2) is 8.55. The minimum atomic E-state index is -0.850. The van der Waals surface area contributed by atoms with Gasteiger partial charge in [-0.1, -0.05) is 47.6 Å². The monoisotopic (exact) mass is 430 g/mol. The predicted octanol–water partition coefficient (Wildman–Crippen LogP) is 4.48. The van der Waals surface area contributed by atoms with Gasteiger partial charge in [0.2, 0.25) is 0 Å². The van der Waals surface area contributed by atoms with E-state index in [9.17, 15) is 14.7 Å². The van der Waals surface area contributed by atoms with E-state index in [0.717, 1.165) is 5.56 Å². The van der Waals surface area contributed by atoms with Crippen LogP contribution in [0.25, 0.3) is 5.76 Å². The van der Waals surface area contributed by atoms with E-state index < -0.39 is 17.7 Å². The first-order valence-electron chi connectivity index (χ1n) is 10.1. The first-order valence-corrected chi connectivity index (χ1v) is 10.1. The van der Waals surface area contributed by atoms with E-state index in [0.29, 0.717) is 29.2 Å². The summed E-state index contributed by atoms with van der Waals surface area (Å²) >= 11 is 0. The molecule has 2 aromatic carbocycles. The van der Waals surface area contributed by atoms with Crippen LogP contribution in [0.5, 0.6) is 5.75 Å². The molecule has 1 amide bonds. The molecule has 0 spiro atoms. The highest BCUT2D eigenvalue weighted by molar-refractivity contribution is 6.51. The van der Waals surface area contributed by atoms with Crippen molar-refractivity contribution in [1.29, 1.82) is 0 Å². The van der Waals surface area contributed by atoms with Crippen molar-refractivity contribution in [2.45, 2.75) is 19.9 Å². The van der Waals surface area contributed by atoms with E-state index in [1.54, 1.807) is 43.3 Å². The number of hydrogen-bond donors (Lipinski definition) is 1. The van der Waals surface area contributed by atoms with Gasteiger partial charge in [0, 0.05) is 11.6 Å². The number of aromatic nitrogens is 1. The number of carbonyl (C=O) groups is 2. The summed E-state index contributed by atoms with van der Waals surface area (Å²) < 4.78 is 10.6. The summed E-state index contributed by atoms with van der Waals surface area (Å²) in [6.45, 7) is 7.60. The molecule has 4 rings (SSSR count). The molecule has 32 heavy (non-hydrogen) atoms. The van der Waals surface area contributed by atoms with Crippen LogP contribution in [0, 0.1) is 13.8 Å². The molecule has 7 heteroatoms. The molecule has 162 valence electrons.